The zero-order chi connectivity index (χ0) is 15.7. The van der Waals surface area contributed by atoms with Gasteiger partial charge in [0.15, 0.2) is 0 Å². The maximum atomic E-state index is 14.2. The second-order valence-corrected chi connectivity index (χ2v) is 8.18. The molecule has 0 amide bonds. The first-order valence-electron chi connectivity index (χ1n) is 8.94. The predicted molar refractivity (Wildman–Crippen MR) is 92.5 cm³/mol. The van der Waals surface area contributed by atoms with Crippen molar-refractivity contribution < 1.29 is 4.39 Å². The lowest BCUT2D eigenvalue weighted by Crippen LogP contribution is -2.34. The second kappa shape index (κ2) is 6.91. The summed E-state index contributed by atoms with van der Waals surface area (Å²) in [5, 5.41) is -0.370. The van der Waals surface area contributed by atoms with Crippen LogP contribution in [0.5, 0.6) is 0 Å². The molecule has 0 aromatic heterocycles. The molecule has 0 spiro atoms. The molecule has 3 unspecified atom stereocenters. The SMILES string of the molecule is CC1CCC(c2ccc(C3CC[C@@H](C)C(F)C3Cl)cc2)CC1. The third-order valence-electron chi connectivity index (χ3n) is 6.02. The van der Waals surface area contributed by atoms with Crippen LogP contribution in [0.25, 0.3) is 0 Å². The Bertz CT molecular complexity index is 475. The molecule has 0 nitrogen and oxygen atoms in total. The van der Waals surface area contributed by atoms with Crippen LogP contribution >= 0.6 is 11.6 Å². The molecule has 2 fully saturated rings. The van der Waals surface area contributed by atoms with Crippen molar-refractivity contribution in [2.75, 3.05) is 0 Å². The van der Waals surface area contributed by atoms with E-state index in [0.29, 0.717) is 0 Å². The van der Waals surface area contributed by atoms with Gasteiger partial charge in [0.05, 0.1) is 5.38 Å². The Morgan fingerprint density at radius 1 is 0.864 bits per heavy atom. The Morgan fingerprint density at radius 2 is 1.45 bits per heavy atom. The van der Waals surface area contributed by atoms with Crippen LogP contribution in [0.15, 0.2) is 24.3 Å². The number of benzene rings is 1. The predicted octanol–water partition coefficient (Wildman–Crippen LogP) is 6.44. The highest BCUT2D eigenvalue weighted by molar-refractivity contribution is 6.21. The second-order valence-electron chi connectivity index (χ2n) is 7.67. The summed E-state index contributed by atoms with van der Waals surface area (Å²) in [6.07, 6.45) is 6.39. The molecule has 0 heterocycles. The summed E-state index contributed by atoms with van der Waals surface area (Å²) in [4.78, 5) is 0. The van der Waals surface area contributed by atoms with Gasteiger partial charge in [-0.1, -0.05) is 51.0 Å². The van der Waals surface area contributed by atoms with Crippen molar-refractivity contribution in [2.45, 2.75) is 75.8 Å². The zero-order valence-corrected chi connectivity index (χ0v) is 14.5. The van der Waals surface area contributed by atoms with E-state index < -0.39 is 6.17 Å². The highest BCUT2D eigenvalue weighted by Crippen LogP contribution is 2.41. The molecule has 22 heavy (non-hydrogen) atoms. The van der Waals surface area contributed by atoms with Gasteiger partial charge in [0.2, 0.25) is 0 Å². The van der Waals surface area contributed by atoms with Crippen molar-refractivity contribution in [3.8, 4) is 0 Å². The van der Waals surface area contributed by atoms with Crippen LogP contribution in [0.2, 0.25) is 0 Å². The van der Waals surface area contributed by atoms with E-state index in [2.05, 4.69) is 31.2 Å². The standard InChI is InChI=1S/C20H28ClF/c1-13-3-6-15(7-4-13)16-8-10-17(11-9-16)18-12-5-14(2)20(22)19(18)21/h8-11,13-15,18-20H,3-7,12H2,1-2H3/t13?,14-,15?,18?,19?,20?/m1/s1. The fraction of sp³-hybridized carbons (Fsp3) is 0.700. The van der Waals surface area contributed by atoms with Crippen molar-refractivity contribution in [3.05, 3.63) is 35.4 Å². The lowest BCUT2D eigenvalue weighted by Gasteiger charge is -2.34. The smallest absolute Gasteiger partial charge is 0.120 e. The monoisotopic (exact) mass is 322 g/mol. The van der Waals surface area contributed by atoms with Crippen LogP contribution in [-0.4, -0.2) is 11.5 Å². The van der Waals surface area contributed by atoms with Gasteiger partial charge in [-0.2, -0.15) is 0 Å². The first kappa shape index (κ1) is 16.3. The number of hydrogen-bond donors (Lipinski definition) is 0. The van der Waals surface area contributed by atoms with Gasteiger partial charge in [-0.25, -0.2) is 4.39 Å². The van der Waals surface area contributed by atoms with E-state index in [-0.39, 0.29) is 17.2 Å². The Balaban J connectivity index is 1.69. The average Bonchev–Trinajstić information content (AvgIpc) is 2.54. The Morgan fingerprint density at radius 3 is 2.09 bits per heavy atom. The summed E-state index contributed by atoms with van der Waals surface area (Å²) >= 11 is 6.39. The highest BCUT2D eigenvalue weighted by atomic mass is 35.5. The summed E-state index contributed by atoms with van der Waals surface area (Å²) in [6, 6.07) is 8.95. The topological polar surface area (TPSA) is 0 Å². The van der Waals surface area contributed by atoms with E-state index in [0.717, 1.165) is 24.7 Å². The van der Waals surface area contributed by atoms with E-state index >= 15 is 0 Å². The molecule has 1 aromatic rings. The van der Waals surface area contributed by atoms with Crippen molar-refractivity contribution in [1.82, 2.24) is 0 Å². The molecular weight excluding hydrogens is 295 g/mol. The summed E-state index contributed by atoms with van der Waals surface area (Å²) in [6.45, 7) is 4.33. The van der Waals surface area contributed by atoms with Gasteiger partial charge in [-0.15, -0.1) is 11.6 Å². The molecule has 0 aliphatic heterocycles. The fourth-order valence-electron chi connectivity index (χ4n) is 4.26. The lowest BCUT2D eigenvalue weighted by molar-refractivity contribution is 0.169. The minimum Gasteiger partial charge on any atom is -0.246 e. The third kappa shape index (κ3) is 3.35. The van der Waals surface area contributed by atoms with Crippen LogP contribution < -0.4 is 0 Å². The van der Waals surface area contributed by atoms with Gasteiger partial charge in [-0.05, 0) is 54.6 Å². The normalized spacial score (nSPS) is 39.6. The summed E-state index contributed by atoms with van der Waals surface area (Å²) in [5.74, 6) is 1.88. The van der Waals surface area contributed by atoms with E-state index in [4.69, 9.17) is 11.6 Å². The number of alkyl halides is 2. The van der Waals surface area contributed by atoms with Gasteiger partial charge in [-0.3, -0.25) is 0 Å². The maximum absolute atomic E-state index is 14.2. The van der Waals surface area contributed by atoms with E-state index in [9.17, 15) is 4.39 Å². The van der Waals surface area contributed by atoms with Crippen molar-refractivity contribution in [3.63, 3.8) is 0 Å². The molecule has 0 radical (unpaired) electrons. The van der Waals surface area contributed by atoms with E-state index in [1.165, 1.54) is 36.8 Å². The van der Waals surface area contributed by atoms with E-state index in [1.54, 1.807) is 0 Å². The average molecular weight is 323 g/mol. The van der Waals surface area contributed by atoms with Crippen molar-refractivity contribution >= 4 is 11.6 Å². The van der Waals surface area contributed by atoms with Gasteiger partial charge >= 0.3 is 0 Å². The largest absolute Gasteiger partial charge is 0.246 e. The van der Waals surface area contributed by atoms with E-state index in [1.807, 2.05) is 6.92 Å². The van der Waals surface area contributed by atoms with Crippen molar-refractivity contribution in [1.29, 1.82) is 0 Å². The molecule has 122 valence electrons. The quantitative estimate of drug-likeness (QED) is 0.550. The number of halogens is 2. The molecule has 0 saturated heterocycles. The number of rotatable bonds is 2. The molecule has 0 N–H and O–H groups in total. The van der Waals surface area contributed by atoms with Crippen LogP contribution in [0, 0.1) is 11.8 Å². The molecule has 2 aliphatic carbocycles. The Hall–Kier alpha value is -0.560. The Kier molecular flexibility index (Phi) is 5.12. The third-order valence-corrected chi connectivity index (χ3v) is 6.56. The maximum Gasteiger partial charge on any atom is 0.120 e. The first-order valence-corrected chi connectivity index (χ1v) is 9.38. The summed E-state index contributed by atoms with van der Waals surface area (Å²) in [5.41, 5.74) is 2.69. The fourth-order valence-corrected chi connectivity index (χ4v) is 4.78. The molecule has 0 bridgehead atoms. The molecule has 1 aromatic carbocycles. The molecule has 2 heteroatoms. The van der Waals surface area contributed by atoms with Crippen LogP contribution in [0.3, 0.4) is 0 Å². The molecular formula is C20H28ClF. The zero-order valence-electron chi connectivity index (χ0n) is 13.8. The molecule has 2 saturated carbocycles. The Labute approximate surface area is 139 Å². The minimum atomic E-state index is -0.875. The van der Waals surface area contributed by atoms with Gasteiger partial charge in [0.1, 0.15) is 6.17 Å². The van der Waals surface area contributed by atoms with Crippen LogP contribution in [-0.2, 0) is 0 Å². The molecule has 3 rings (SSSR count). The van der Waals surface area contributed by atoms with Gasteiger partial charge < -0.3 is 0 Å². The first-order chi connectivity index (χ1) is 10.6. The van der Waals surface area contributed by atoms with Gasteiger partial charge in [0, 0.05) is 5.92 Å². The van der Waals surface area contributed by atoms with Gasteiger partial charge in [0.25, 0.3) is 0 Å². The summed E-state index contributed by atoms with van der Waals surface area (Å²) in [7, 11) is 0. The number of hydrogen-bond acceptors (Lipinski definition) is 0. The van der Waals surface area contributed by atoms with Crippen molar-refractivity contribution in [2.24, 2.45) is 11.8 Å². The summed E-state index contributed by atoms with van der Waals surface area (Å²) < 4.78 is 14.2. The van der Waals surface area contributed by atoms with Crippen LogP contribution in [0.1, 0.15) is 75.3 Å². The highest BCUT2D eigenvalue weighted by Gasteiger charge is 2.37. The minimum absolute atomic E-state index is 0.0993. The molecule has 4 atom stereocenters. The lowest BCUT2D eigenvalue weighted by atomic mass is 9.76. The van der Waals surface area contributed by atoms with Crippen LogP contribution in [0.4, 0.5) is 4.39 Å². The molecule has 2 aliphatic rings.